The molecular weight excluding hydrogens is 278 g/mol. The van der Waals surface area contributed by atoms with Crippen LogP contribution in [0.25, 0.3) is 0 Å². The first-order chi connectivity index (χ1) is 9.53. The molecule has 0 amide bonds. The lowest BCUT2D eigenvalue weighted by Crippen LogP contribution is -2.34. The minimum atomic E-state index is -3.67. The Kier molecular flexibility index (Phi) is 4.41. The predicted molar refractivity (Wildman–Crippen MR) is 76.0 cm³/mol. The molecule has 6 nitrogen and oxygen atoms in total. The van der Waals surface area contributed by atoms with Crippen molar-refractivity contribution >= 4 is 15.7 Å². The van der Waals surface area contributed by atoms with Crippen molar-refractivity contribution in [3.8, 4) is 0 Å². The van der Waals surface area contributed by atoms with Crippen LogP contribution in [-0.4, -0.2) is 26.5 Å². The largest absolute Gasteiger partial charge is 0.469 e. The van der Waals surface area contributed by atoms with Gasteiger partial charge in [0.1, 0.15) is 5.76 Å². The summed E-state index contributed by atoms with van der Waals surface area (Å²) in [4.78, 5) is 3.93. The van der Waals surface area contributed by atoms with Crippen molar-refractivity contribution in [2.75, 3.05) is 12.4 Å². The summed E-state index contributed by atoms with van der Waals surface area (Å²) >= 11 is 0. The first kappa shape index (κ1) is 14.5. The Hall–Kier alpha value is -1.86. The Labute approximate surface area is 118 Å². The van der Waals surface area contributed by atoms with Gasteiger partial charge in [0, 0.05) is 25.7 Å². The summed E-state index contributed by atoms with van der Waals surface area (Å²) in [6, 6.07) is 6.63. The molecule has 2 heterocycles. The number of aromatic nitrogens is 1. The average molecular weight is 295 g/mol. The summed E-state index contributed by atoms with van der Waals surface area (Å²) in [5, 5.41) is 2.81. The highest BCUT2D eigenvalue weighted by molar-refractivity contribution is 7.89. The maximum absolute atomic E-state index is 12.3. The zero-order valence-electron chi connectivity index (χ0n) is 11.3. The van der Waals surface area contributed by atoms with Crippen LogP contribution in [0, 0.1) is 0 Å². The van der Waals surface area contributed by atoms with E-state index in [0.717, 1.165) is 5.76 Å². The van der Waals surface area contributed by atoms with Gasteiger partial charge in [0.2, 0.25) is 0 Å². The van der Waals surface area contributed by atoms with Crippen molar-refractivity contribution in [3.05, 3.63) is 42.5 Å². The molecule has 20 heavy (non-hydrogen) atoms. The van der Waals surface area contributed by atoms with Gasteiger partial charge in [-0.05, 0) is 31.2 Å². The summed E-state index contributed by atoms with van der Waals surface area (Å²) < 4.78 is 32.4. The third kappa shape index (κ3) is 3.37. The molecule has 0 fully saturated rings. The van der Waals surface area contributed by atoms with Gasteiger partial charge < -0.3 is 9.73 Å². The lowest BCUT2D eigenvalue weighted by molar-refractivity contribution is 0.478. The molecule has 2 N–H and O–H groups in total. The third-order valence-electron chi connectivity index (χ3n) is 2.74. The molecule has 7 heteroatoms. The molecule has 108 valence electrons. The number of nitrogens with one attached hydrogen (secondary N) is 2. The third-order valence-corrected chi connectivity index (χ3v) is 4.29. The topological polar surface area (TPSA) is 84.2 Å². The molecule has 2 rings (SSSR count). The second-order valence-electron chi connectivity index (χ2n) is 4.41. The number of rotatable bonds is 6. The van der Waals surface area contributed by atoms with Gasteiger partial charge in [0.25, 0.3) is 10.0 Å². The van der Waals surface area contributed by atoms with Gasteiger partial charge in [-0.25, -0.2) is 18.1 Å². The van der Waals surface area contributed by atoms with Gasteiger partial charge >= 0.3 is 0 Å². The molecule has 0 radical (unpaired) electrons. The van der Waals surface area contributed by atoms with Crippen molar-refractivity contribution in [1.29, 1.82) is 0 Å². The number of furan rings is 1. The minimum Gasteiger partial charge on any atom is -0.469 e. The van der Waals surface area contributed by atoms with E-state index in [1.807, 2.05) is 6.07 Å². The van der Waals surface area contributed by atoms with Crippen LogP contribution < -0.4 is 10.0 Å². The molecule has 1 atom stereocenters. The number of hydrogen-bond donors (Lipinski definition) is 2. The van der Waals surface area contributed by atoms with Gasteiger partial charge in [-0.2, -0.15) is 0 Å². The summed E-state index contributed by atoms with van der Waals surface area (Å²) in [7, 11) is -2.02. The van der Waals surface area contributed by atoms with Crippen LogP contribution in [-0.2, 0) is 16.4 Å². The monoisotopic (exact) mass is 295 g/mol. The van der Waals surface area contributed by atoms with E-state index in [2.05, 4.69) is 15.0 Å². The van der Waals surface area contributed by atoms with E-state index < -0.39 is 10.0 Å². The molecule has 0 saturated heterocycles. The summed E-state index contributed by atoms with van der Waals surface area (Å²) in [6.45, 7) is 1.78. The Balaban J connectivity index is 2.14. The Bertz CT molecular complexity index is 653. The smallest absolute Gasteiger partial charge is 0.260 e. The first-order valence-electron chi connectivity index (χ1n) is 6.20. The molecular formula is C13H17N3O3S. The lowest BCUT2D eigenvalue weighted by Gasteiger charge is -2.14. The average Bonchev–Trinajstić information content (AvgIpc) is 2.90. The van der Waals surface area contributed by atoms with Gasteiger partial charge in [-0.3, -0.25) is 0 Å². The molecule has 0 bridgehead atoms. The number of sulfonamides is 1. The first-order valence-corrected chi connectivity index (χ1v) is 7.68. The minimum absolute atomic E-state index is 0.00575. The fourth-order valence-electron chi connectivity index (χ4n) is 1.89. The molecule has 2 aromatic rings. The molecule has 0 aliphatic carbocycles. The maximum Gasteiger partial charge on any atom is 0.260 e. The molecule has 0 aliphatic heterocycles. The van der Waals surface area contributed by atoms with Gasteiger partial charge in [0.15, 0.2) is 5.03 Å². The van der Waals surface area contributed by atoms with E-state index in [0.29, 0.717) is 12.1 Å². The molecule has 2 aromatic heterocycles. The predicted octanol–water partition coefficient (Wildman–Crippen LogP) is 1.63. The lowest BCUT2D eigenvalue weighted by atomic mass is 10.2. The molecule has 0 spiro atoms. The van der Waals surface area contributed by atoms with Crippen molar-refractivity contribution in [3.63, 3.8) is 0 Å². The zero-order chi connectivity index (χ0) is 14.6. The van der Waals surface area contributed by atoms with E-state index in [1.54, 1.807) is 38.4 Å². The van der Waals surface area contributed by atoms with Crippen molar-refractivity contribution in [2.24, 2.45) is 0 Å². The number of hydrogen-bond acceptors (Lipinski definition) is 5. The summed E-state index contributed by atoms with van der Waals surface area (Å²) in [5.74, 6) is 0.732. The highest BCUT2D eigenvalue weighted by Gasteiger charge is 2.22. The van der Waals surface area contributed by atoms with Gasteiger partial charge in [0.05, 0.1) is 12.0 Å². The molecule has 0 aromatic carbocycles. The van der Waals surface area contributed by atoms with Crippen molar-refractivity contribution in [2.45, 2.75) is 24.4 Å². The van der Waals surface area contributed by atoms with E-state index >= 15 is 0 Å². The van der Waals surface area contributed by atoms with Gasteiger partial charge in [-0.1, -0.05) is 0 Å². The van der Waals surface area contributed by atoms with E-state index in [4.69, 9.17) is 4.42 Å². The number of nitrogens with zero attached hydrogens (tertiary/aromatic N) is 1. The standard InChI is InChI=1S/C13H17N3O3S/c1-10(9-11-5-4-8-19-11)16-20(17,18)13-12(14-2)6-3-7-15-13/h3-8,10,14,16H,9H2,1-2H3. The van der Waals surface area contributed by atoms with Gasteiger partial charge in [-0.15, -0.1) is 0 Å². The van der Waals surface area contributed by atoms with E-state index in [9.17, 15) is 8.42 Å². The van der Waals surface area contributed by atoms with Crippen LogP contribution in [0.5, 0.6) is 0 Å². The molecule has 0 aliphatic rings. The molecule has 0 saturated carbocycles. The SMILES string of the molecule is CNc1cccnc1S(=O)(=O)NC(C)Cc1ccco1. The van der Waals surface area contributed by atoms with Crippen LogP contribution in [0.2, 0.25) is 0 Å². The number of pyridine rings is 1. The Morgan fingerprint density at radius 3 is 2.80 bits per heavy atom. The summed E-state index contributed by atoms with van der Waals surface area (Å²) in [5.41, 5.74) is 0.463. The van der Waals surface area contributed by atoms with E-state index in [1.165, 1.54) is 6.20 Å². The second-order valence-corrected chi connectivity index (χ2v) is 6.04. The van der Waals surface area contributed by atoms with Crippen molar-refractivity contribution in [1.82, 2.24) is 9.71 Å². The number of anilines is 1. The quantitative estimate of drug-likeness (QED) is 0.846. The Morgan fingerprint density at radius 1 is 1.35 bits per heavy atom. The zero-order valence-corrected chi connectivity index (χ0v) is 12.1. The van der Waals surface area contributed by atoms with Crippen LogP contribution >= 0.6 is 0 Å². The van der Waals surface area contributed by atoms with E-state index in [-0.39, 0.29) is 11.1 Å². The van der Waals surface area contributed by atoms with Crippen LogP contribution in [0.4, 0.5) is 5.69 Å². The Morgan fingerprint density at radius 2 is 2.15 bits per heavy atom. The second kappa shape index (κ2) is 6.06. The fraction of sp³-hybridized carbons (Fsp3) is 0.308. The summed E-state index contributed by atoms with van der Waals surface area (Å²) in [6.07, 6.45) is 3.50. The fourth-order valence-corrected chi connectivity index (χ4v) is 3.27. The normalized spacial score (nSPS) is 13.1. The van der Waals surface area contributed by atoms with Crippen LogP contribution in [0.3, 0.4) is 0 Å². The van der Waals surface area contributed by atoms with Crippen LogP contribution in [0.15, 0.2) is 46.2 Å². The van der Waals surface area contributed by atoms with Crippen LogP contribution in [0.1, 0.15) is 12.7 Å². The highest BCUT2D eigenvalue weighted by atomic mass is 32.2. The van der Waals surface area contributed by atoms with Crippen molar-refractivity contribution < 1.29 is 12.8 Å². The highest BCUT2D eigenvalue weighted by Crippen LogP contribution is 2.17. The molecule has 1 unspecified atom stereocenters. The maximum atomic E-state index is 12.3.